The number of rotatable bonds is 6. The minimum absolute atomic E-state index is 0.539. The van der Waals surface area contributed by atoms with Crippen LogP contribution in [0.15, 0.2) is 182 Å². The van der Waals surface area contributed by atoms with Crippen LogP contribution in [0, 0.1) is 5.92 Å². The van der Waals surface area contributed by atoms with E-state index >= 15 is 0 Å². The van der Waals surface area contributed by atoms with Crippen LogP contribution in [-0.4, -0.2) is 15.0 Å². The van der Waals surface area contributed by atoms with E-state index in [1.165, 1.54) is 49.4 Å². The number of benzene rings is 7. The lowest BCUT2D eigenvalue weighted by molar-refractivity contribution is 0.717. The Hall–Kier alpha value is -6.97. The predicted molar refractivity (Wildman–Crippen MR) is 229 cm³/mol. The van der Waals surface area contributed by atoms with Crippen LogP contribution in [0.25, 0.3) is 94.9 Å². The van der Waals surface area contributed by atoms with Crippen LogP contribution in [0.1, 0.15) is 18.1 Å². The Labute approximate surface area is 321 Å². The number of nitrogens with zero attached hydrogens (tertiary/aromatic N) is 3. The lowest BCUT2D eigenvalue weighted by Gasteiger charge is -2.22. The molecule has 2 aromatic heterocycles. The van der Waals surface area contributed by atoms with Gasteiger partial charge in [0, 0.05) is 29.1 Å². The molecule has 1 aliphatic rings. The van der Waals surface area contributed by atoms with E-state index in [9.17, 15) is 0 Å². The molecule has 0 bridgehead atoms. The highest BCUT2D eigenvalue weighted by Crippen LogP contribution is 2.46. The zero-order valence-corrected chi connectivity index (χ0v) is 30.5. The fourth-order valence-corrected chi connectivity index (χ4v) is 8.27. The maximum Gasteiger partial charge on any atom is 0.160 e. The molecule has 55 heavy (non-hydrogen) atoms. The first-order valence-corrected chi connectivity index (χ1v) is 19.0. The number of allylic oxidation sites excluding steroid dienone is 1. The molecule has 3 heteroatoms. The molecule has 1 atom stereocenters. The van der Waals surface area contributed by atoms with E-state index in [0.29, 0.717) is 11.7 Å². The number of hydrogen-bond acceptors (Lipinski definition) is 3. The van der Waals surface area contributed by atoms with Gasteiger partial charge in [0.1, 0.15) is 0 Å². The van der Waals surface area contributed by atoms with Crippen molar-refractivity contribution < 1.29 is 0 Å². The lowest BCUT2D eigenvalue weighted by Crippen LogP contribution is -2.04. The molecule has 260 valence electrons. The standard InChI is InChI=1S/C52H37N3/c1-34-23-28-42-38(30-34)14-10-22-43(42)51-46-20-7-5-18-44(46)50(45-19-6-8-21-47(45)51)39-15-9-16-40(31-39)52-54-48(36-12-3-2-4-13-36)32-49(55-52)37-26-24-35(25-27-37)41-17-11-29-53-33-41/h2-29,31-34H,30H2,1H3. The first kappa shape index (κ1) is 32.7. The highest BCUT2D eigenvalue weighted by molar-refractivity contribution is 6.22. The van der Waals surface area contributed by atoms with Crippen molar-refractivity contribution in [2.24, 2.45) is 5.92 Å². The molecular weight excluding hydrogens is 667 g/mol. The third-order valence-corrected chi connectivity index (χ3v) is 10.9. The zero-order chi connectivity index (χ0) is 36.7. The zero-order valence-electron chi connectivity index (χ0n) is 30.5. The van der Waals surface area contributed by atoms with Crippen molar-refractivity contribution >= 4 is 27.6 Å². The molecule has 1 unspecified atom stereocenters. The van der Waals surface area contributed by atoms with E-state index in [4.69, 9.17) is 9.97 Å². The minimum Gasteiger partial charge on any atom is -0.264 e. The van der Waals surface area contributed by atoms with E-state index in [1.54, 1.807) is 6.20 Å². The molecule has 0 spiro atoms. The normalized spacial score (nSPS) is 13.6. The molecule has 1 aliphatic carbocycles. The smallest absolute Gasteiger partial charge is 0.160 e. The summed E-state index contributed by atoms with van der Waals surface area (Å²) < 4.78 is 0. The quantitative estimate of drug-likeness (QED) is 0.162. The summed E-state index contributed by atoms with van der Waals surface area (Å²) in [5.74, 6) is 1.23. The van der Waals surface area contributed by atoms with Crippen LogP contribution < -0.4 is 0 Å². The second-order valence-corrected chi connectivity index (χ2v) is 14.5. The summed E-state index contributed by atoms with van der Waals surface area (Å²) in [6, 6.07) is 58.4. The number of hydrogen-bond donors (Lipinski definition) is 0. The van der Waals surface area contributed by atoms with Gasteiger partial charge in [-0.1, -0.05) is 165 Å². The van der Waals surface area contributed by atoms with Gasteiger partial charge in [0.15, 0.2) is 5.82 Å². The van der Waals surface area contributed by atoms with E-state index in [-0.39, 0.29) is 0 Å². The van der Waals surface area contributed by atoms with E-state index in [2.05, 4.69) is 176 Å². The minimum atomic E-state index is 0.539. The summed E-state index contributed by atoms with van der Waals surface area (Å²) in [5.41, 5.74) is 14.7. The summed E-state index contributed by atoms with van der Waals surface area (Å²) in [7, 11) is 0. The van der Waals surface area contributed by atoms with Gasteiger partial charge < -0.3 is 0 Å². The van der Waals surface area contributed by atoms with Crippen molar-refractivity contribution in [2.75, 3.05) is 0 Å². The van der Waals surface area contributed by atoms with Gasteiger partial charge in [-0.3, -0.25) is 4.98 Å². The van der Waals surface area contributed by atoms with E-state index < -0.39 is 0 Å². The Balaban J connectivity index is 1.14. The Kier molecular flexibility index (Phi) is 8.18. The Morgan fingerprint density at radius 2 is 1.05 bits per heavy atom. The first-order valence-electron chi connectivity index (χ1n) is 19.0. The molecule has 10 rings (SSSR count). The highest BCUT2D eigenvalue weighted by Gasteiger charge is 2.21. The molecule has 0 N–H and O–H groups in total. The van der Waals surface area contributed by atoms with Gasteiger partial charge in [-0.2, -0.15) is 0 Å². The van der Waals surface area contributed by atoms with Crippen molar-refractivity contribution in [1.29, 1.82) is 0 Å². The van der Waals surface area contributed by atoms with Crippen molar-refractivity contribution in [3.05, 3.63) is 193 Å². The van der Waals surface area contributed by atoms with Crippen LogP contribution in [0.5, 0.6) is 0 Å². The molecule has 7 aromatic carbocycles. The van der Waals surface area contributed by atoms with E-state index in [1.807, 2.05) is 18.3 Å². The van der Waals surface area contributed by atoms with Crippen molar-refractivity contribution in [1.82, 2.24) is 15.0 Å². The molecule has 0 radical (unpaired) electrons. The van der Waals surface area contributed by atoms with Crippen molar-refractivity contribution in [3.63, 3.8) is 0 Å². The van der Waals surface area contributed by atoms with Crippen LogP contribution in [0.3, 0.4) is 0 Å². The molecule has 9 aromatic rings. The Morgan fingerprint density at radius 1 is 0.473 bits per heavy atom. The fourth-order valence-electron chi connectivity index (χ4n) is 8.27. The number of pyridine rings is 1. The van der Waals surface area contributed by atoms with Crippen molar-refractivity contribution in [3.8, 4) is 67.3 Å². The van der Waals surface area contributed by atoms with Gasteiger partial charge in [0.2, 0.25) is 0 Å². The third kappa shape index (κ3) is 6.00. The van der Waals surface area contributed by atoms with Crippen LogP contribution in [0.4, 0.5) is 0 Å². The molecule has 3 nitrogen and oxygen atoms in total. The van der Waals surface area contributed by atoms with Gasteiger partial charge in [-0.15, -0.1) is 0 Å². The SMILES string of the molecule is CC1C=Cc2c(cccc2-c2c3ccccc3c(-c3cccc(-c4nc(-c5ccccc5)cc(-c5ccc(-c6cccnc6)cc5)n4)c3)c3ccccc23)C1. The van der Waals surface area contributed by atoms with Gasteiger partial charge in [0.25, 0.3) is 0 Å². The van der Waals surface area contributed by atoms with Gasteiger partial charge in [0.05, 0.1) is 11.4 Å². The molecular formula is C52H37N3. The summed E-state index contributed by atoms with van der Waals surface area (Å²) in [5, 5.41) is 4.96. The maximum absolute atomic E-state index is 5.23. The summed E-state index contributed by atoms with van der Waals surface area (Å²) in [6.45, 7) is 2.30. The molecule has 0 saturated heterocycles. The van der Waals surface area contributed by atoms with E-state index in [0.717, 1.165) is 51.2 Å². The summed E-state index contributed by atoms with van der Waals surface area (Å²) in [6.07, 6.45) is 9.45. The largest absolute Gasteiger partial charge is 0.264 e. The first-order chi connectivity index (χ1) is 27.2. The Morgan fingerprint density at radius 3 is 1.75 bits per heavy atom. The van der Waals surface area contributed by atoms with Gasteiger partial charge in [-0.05, 0) is 96.6 Å². The molecule has 2 heterocycles. The van der Waals surface area contributed by atoms with Gasteiger partial charge >= 0.3 is 0 Å². The van der Waals surface area contributed by atoms with Gasteiger partial charge in [-0.25, -0.2) is 9.97 Å². The average Bonchev–Trinajstić information content (AvgIpc) is 3.26. The molecule has 0 aliphatic heterocycles. The third-order valence-electron chi connectivity index (χ3n) is 10.9. The lowest BCUT2D eigenvalue weighted by atomic mass is 9.81. The van der Waals surface area contributed by atoms with Crippen molar-refractivity contribution in [2.45, 2.75) is 13.3 Å². The second-order valence-electron chi connectivity index (χ2n) is 14.5. The maximum atomic E-state index is 5.23. The molecule has 0 amide bonds. The predicted octanol–water partition coefficient (Wildman–Crippen LogP) is 13.4. The fraction of sp³-hybridized carbons (Fsp3) is 0.0577. The highest BCUT2D eigenvalue weighted by atomic mass is 14.9. The summed E-state index contributed by atoms with van der Waals surface area (Å²) in [4.78, 5) is 14.7. The second kappa shape index (κ2) is 13.8. The monoisotopic (exact) mass is 703 g/mol. The molecule has 0 saturated carbocycles. The van der Waals surface area contributed by atoms with Crippen LogP contribution in [0.2, 0.25) is 0 Å². The topological polar surface area (TPSA) is 38.7 Å². The average molecular weight is 704 g/mol. The number of aromatic nitrogens is 3. The van der Waals surface area contributed by atoms with Crippen LogP contribution >= 0.6 is 0 Å². The Bertz CT molecular complexity index is 2840. The molecule has 0 fully saturated rings. The van der Waals surface area contributed by atoms with Crippen LogP contribution in [-0.2, 0) is 6.42 Å². The summed E-state index contributed by atoms with van der Waals surface area (Å²) >= 11 is 0. The number of fused-ring (bicyclic) bond motifs is 3.